The van der Waals surface area contributed by atoms with Crippen LogP contribution in [0.25, 0.3) is 27.8 Å². The predicted molar refractivity (Wildman–Crippen MR) is 153 cm³/mol. The van der Waals surface area contributed by atoms with Crippen LogP contribution in [0.5, 0.6) is 0 Å². The molecule has 0 heteroatoms. The lowest BCUT2D eigenvalue weighted by atomic mass is 9.53. The molecule has 5 aromatic carbocycles. The van der Waals surface area contributed by atoms with Crippen molar-refractivity contribution in [2.24, 2.45) is 0 Å². The average Bonchev–Trinajstić information content (AvgIpc) is 3.72. The zero-order valence-electron chi connectivity index (χ0n) is 20.8. The summed E-state index contributed by atoms with van der Waals surface area (Å²) in [5, 5.41) is 0. The molecule has 0 saturated carbocycles. The third kappa shape index (κ3) is 1.68. The fourth-order valence-corrected chi connectivity index (χ4v) is 9.60. The molecule has 3 atom stereocenters. The lowest BCUT2D eigenvalue weighted by Gasteiger charge is -2.48. The van der Waals surface area contributed by atoms with Crippen molar-refractivity contribution < 1.29 is 0 Å². The summed E-state index contributed by atoms with van der Waals surface area (Å²) in [5.41, 5.74) is 23.9. The first-order valence-electron chi connectivity index (χ1n) is 13.9. The molecule has 0 radical (unpaired) electrons. The maximum Gasteiger partial charge on any atom is 0.0722 e. The molecule has 0 fully saturated rings. The van der Waals surface area contributed by atoms with E-state index in [-0.39, 0.29) is 5.41 Å². The third-order valence-corrected chi connectivity index (χ3v) is 10.6. The number of hydrogen-bond donors (Lipinski definition) is 0. The minimum Gasteiger partial charge on any atom is -0.0798 e. The topological polar surface area (TPSA) is 0 Å². The third-order valence-electron chi connectivity index (χ3n) is 10.6. The largest absolute Gasteiger partial charge is 0.0798 e. The van der Waals surface area contributed by atoms with Gasteiger partial charge in [0.25, 0.3) is 0 Å². The van der Waals surface area contributed by atoms with Crippen molar-refractivity contribution in [1.82, 2.24) is 0 Å². The van der Waals surface area contributed by atoms with E-state index in [2.05, 4.69) is 109 Å². The van der Waals surface area contributed by atoms with Crippen LogP contribution < -0.4 is 0 Å². The number of rotatable bonds is 0. The molecule has 0 saturated heterocycles. The molecular weight excluding hydrogens is 456 g/mol. The van der Waals surface area contributed by atoms with Gasteiger partial charge in [-0.2, -0.15) is 0 Å². The quantitative estimate of drug-likeness (QED) is 0.204. The Hall–Kier alpha value is -4.42. The second-order valence-corrected chi connectivity index (χ2v) is 11.8. The van der Waals surface area contributed by atoms with Crippen LogP contribution in [0.15, 0.2) is 115 Å². The molecule has 6 aliphatic carbocycles. The summed E-state index contributed by atoms with van der Waals surface area (Å²) >= 11 is 0. The molecule has 0 heterocycles. The van der Waals surface area contributed by atoms with E-state index in [1.165, 1.54) is 61.2 Å². The Morgan fingerprint density at radius 3 is 1.89 bits per heavy atom. The Morgan fingerprint density at radius 2 is 1.11 bits per heavy atom. The summed E-state index contributed by atoms with van der Waals surface area (Å²) in [5.74, 6) is 0.612. The van der Waals surface area contributed by atoms with Gasteiger partial charge in [0.2, 0.25) is 0 Å². The molecule has 11 rings (SSSR count). The van der Waals surface area contributed by atoms with Crippen LogP contribution in [0, 0.1) is 0 Å². The summed E-state index contributed by atoms with van der Waals surface area (Å²) < 4.78 is 0. The molecule has 3 unspecified atom stereocenters. The zero-order chi connectivity index (χ0) is 24.3. The average molecular weight is 479 g/mol. The molecule has 0 aromatic heterocycles. The van der Waals surface area contributed by atoms with Crippen LogP contribution in [0.1, 0.15) is 73.9 Å². The highest BCUT2D eigenvalue weighted by atomic mass is 14.6. The van der Waals surface area contributed by atoms with Gasteiger partial charge in [0.1, 0.15) is 0 Å². The Bertz CT molecular complexity index is 2060. The minimum atomic E-state index is -0.225. The Kier molecular flexibility index (Phi) is 2.89. The van der Waals surface area contributed by atoms with Gasteiger partial charge in [-0.05, 0) is 95.5 Å². The lowest BCUT2D eigenvalue weighted by molar-refractivity contribution is 0.654. The van der Waals surface area contributed by atoms with E-state index in [9.17, 15) is 0 Å². The van der Waals surface area contributed by atoms with Crippen molar-refractivity contribution in [1.29, 1.82) is 0 Å². The molecule has 0 amide bonds. The zero-order valence-corrected chi connectivity index (χ0v) is 20.8. The highest BCUT2D eigenvalue weighted by Crippen LogP contribution is 2.72. The fraction of sp³-hybridized carbons (Fsp3) is 0.105. The molecule has 0 bridgehead atoms. The van der Waals surface area contributed by atoms with E-state index in [0.717, 1.165) is 6.42 Å². The SMILES string of the molecule is C1=CC2=C(C1)c1ccc3c4c1C21c2ccccc2C2c5ccccc5-c5ccc(c1c52)C4c1ccccc1-3. The van der Waals surface area contributed by atoms with Crippen molar-refractivity contribution in [3.8, 4) is 22.3 Å². The van der Waals surface area contributed by atoms with Crippen LogP contribution in [0.4, 0.5) is 0 Å². The molecule has 1 spiro atoms. The summed E-state index contributed by atoms with van der Waals surface area (Å²) in [6.45, 7) is 0. The molecule has 0 N–H and O–H groups in total. The van der Waals surface area contributed by atoms with Crippen LogP contribution in [-0.4, -0.2) is 0 Å². The maximum absolute atomic E-state index is 2.51. The number of hydrogen-bond acceptors (Lipinski definition) is 0. The summed E-state index contributed by atoms with van der Waals surface area (Å²) in [7, 11) is 0. The monoisotopic (exact) mass is 478 g/mol. The molecule has 5 aromatic rings. The van der Waals surface area contributed by atoms with Gasteiger partial charge >= 0.3 is 0 Å². The van der Waals surface area contributed by atoms with Crippen LogP contribution in [0.3, 0.4) is 0 Å². The van der Waals surface area contributed by atoms with E-state index in [4.69, 9.17) is 0 Å². The van der Waals surface area contributed by atoms with Gasteiger partial charge in [-0.25, -0.2) is 0 Å². The minimum absolute atomic E-state index is 0.225. The molecule has 38 heavy (non-hydrogen) atoms. The van der Waals surface area contributed by atoms with Crippen molar-refractivity contribution in [2.75, 3.05) is 0 Å². The van der Waals surface area contributed by atoms with E-state index >= 15 is 0 Å². The normalized spacial score (nSPS) is 24.1. The van der Waals surface area contributed by atoms with Crippen LogP contribution >= 0.6 is 0 Å². The fourth-order valence-electron chi connectivity index (χ4n) is 9.60. The van der Waals surface area contributed by atoms with Gasteiger partial charge in [0.05, 0.1) is 5.41 Å². The number of fused-ring (bicyclic) bond motifs is 10. The first-order valence-corrected chi connectivity index (χ1v) is 13.9. The summed E-state index contributed by atoms with van der Waals surface area (Å²) in [6.07, 6.45) is 5.92. The predicted octanol–water partition coefficient (Wildman–Crippen LogP) is 8.70. The highest BCUT2D eigenvalue weighted by molar-refractivity contribution is 6.00. The smallest absolute Gasteiger partial charge is 0.0722 e. The van der Waals surface area contributed by atoms with Crippen molar-refractivity contribution in [3.05, 3.63) is 170 Å². The maximum atomic E-state index is 2.51. The van der Waals surface area contributed by atoms with Crippen molar-refractivity contribution in [3.63, 3.8) is 0 Å². The molecule has 0 nitrogen and oxygen atoms in total. The Balaban J connectivity index is 1.43. The van der Waals surface area contributed by atoms with Gasteiger partial charge in [0, 0.05) is 11.8 Å². The summed E-state index contributed by atoms with van der Waals surface area (Å²) in [4.78, 5) is 0. The number of benzene rings is 5. The first-order chi connectivity index (χ1) is 18.9. The van der Waals surface area contributed by atoms with Crippen molar-refractivity contribution >= 4 is 5.57 Å². The second kappa shape index (κ2) is 5.84. The summed E-state index contributed by atoms with van der Waals surface area (Å²) in [6, 6.07) is 37.6. The number of allylic oxidation sites excluding steroid dienone is 4. The molecule has 0 aliphatic heterocycles. The highest BCUT2D eigenvalue weighted by Gasteiger charge is 2.60. The first kappa shape index (κ1) is 18.8. The van der Waals surface area contributed by atoms with E-state index in [0.29, 0.717) is 11.8 Å². The Labute approximate surface area is 221 Å². The van der Waals surface area contributed by atoms with Gasteiger partial charge < -0.3 is 0 Å². The van der Waals surface area contributed by atoms with Crippen molar-refractivity contribution in [2.45, 2.75) is 23.7 Å². The van der Waals surface area contributed by atoms with Gasteiger partial charge in [-0.3, -0.25) is 0 Å². The molecular formula is C38H22. The van der Waals surface area contributed by atoms with Crippen LogP contribution in [0.2, 0.25) is 0 Å². The Morgan fingerprint density at radius 1 is 0.500 bits per heavy atom. The second-order valence-electron chi connectivity index (χ2n) is 11.8. The van der Waals surface area contributed by atoms with Crippen LogP contribution in [-0.2, 0) is 5.41 Å². The lowest BCUT2D eigenvalue weighted by Crippen LogP contribution is -2.40. The van der Waals surface area contributed by atoms with E-state index in [1.807, 2.05) is 0 Å². The van der Waals surface area contributed by atoms with E-state index in [1.54, 1.807) is 27.8 Å². The van der Waals surface area contributed by atoms with Gasteiger partial charge in [-0.1, -0.05) is 109 Å². The van der Waals surface area contributed by atoms with Gasteiger partial charge in [0.15, 0.2) is 0 Å². The molecule has 6 aliphatic rings. The van der Waals surface area contributed by atoms with Gasteiger partial charge in [-0.15, -0.1) is 0 Å². The molecule has 174 valence electrons. The van der Waals surface area contributed by atoms with E-state index < -0.39 is 0 Å². The standard InChI is InChI=1S/C38H22/c1-3-10-23-20(8-1)26-17-19-29-33-24-11-4-2-9-21(24)25-16-18-27-22-13-7-15-30(22)38(36(27)35(25)33)31-14-6-5-12-28(31)32(23)34(26)37(29)38/h1-12,14-19,32-33H,13H2.